The molecule has 3 rings (SSSR count). The second-order valence-corrected chi connectivity index (χ2v) is 4.99. The standard InChI is InChI=1S/C13H15N5O2/c1-9-2-6-18(7-3-9)13(19)12-16-11(17-20-12)10-8-14-4-5-15-10/h4-5,8-9H,2-3,6-7H2,1H3. The normalized spacial score (nSPS) is 16.4. The summed E-state index contributed by atoms with van der Waals surface area (Å²) in [7, 11) is 0. The van der Waals surface area contributed by atoms with E-state index in [2.05, 4.69) is 27.0 Å². The lowest BCUT2D eigenvalue weighted by Crippen LogP contribution is -2.38. The molecule has 1 amide bonds. The summed E-state index contributed by atoms with van der Waals surface area (Å²) in [5.74, 6) is 0.753. The lowest BCUT2D eigenvalue weighted by Gasteiger charge is -2.28. The number of rotatable bonds is 2. The Balaban J connectivity index is 1.75. The molecule has 1 aliphatic heterocycles. The molecule has 7 nitrogen and oxygen atoms in total. The van der Waals surface area contributed by atoms with Crippen LogP contribution in [0.25, 0.3) is 11.5 Å². The van der Waals surface area contributed by atoms with Crippen LogP contribution in [-0.4, -0.2) is 44.0 Å². The molecule has 2 aromatic rings. The van der Waals surface area contributed by atoms with E-state index in [1.807, 2.05) is 0 Å². The Kier molecular flexibility index (Phi) is 3.41. The largest absolute Gasteiger partial charge is 0.334 e. The predicted octanol–water partition coefficient (Wildman–Crippen LogP) is 1.40. The quantitative estimate of drug-likeness (QED) is 0.822. The lowest BCUT2D eigenvalue weighted by atomic mass is 9.99. The van der Waals surface area contributed by atoms with Crippen LogP contribution in [0.2, 0.25) is 0 Å². The number of nitrogens with zero attached hydrogens (tertiary/aromatic N) is 5. The highest BCUT2D eigenvalue weighted by Gasteiger charge is 2.26. The van der Waals surface area contributed by atoms with E-state index in [4.69, 9.17) is 4.52 Å². The summed E-state index contributed by atoms with van der Waals surface area (Å²) in [6, 6.07) is 0. The molecule has 0 N–H and O–H groups in total. The zero-order valence-corrected chi connectivity index (χ0v) is 11.2. The van der Waals surface area contributed by atoms with Gasteiger partial charge in [-0.25, -0.2) is 4.98 Å². The Labute approximate surface area is 116 Å². The molecule has 3 heterocycles. The minimum absolute atomic E-state index is 0.0141. The summed E-state index contributed by atoms with van der Waals surface area (Å²) in [6.07, 6.45) is 6.65. The first-order valence-corrected chi connectivity index (χ1v) is 6.63. The third-order valence-electron chi connectivity index (χ3n) is 3.47. The fourth-order valence-electron chi connectivity index (χ4n) is 2.18. The maximum absolute atomic E-state index is 12.2. The van der Waals surface area contributed by atoms with Crippen LogP contribution in [0.15, 0.2) is 23.1 Å². The highest BCUT2D eigenvalue weighted by molar-refractivity contribution is 5.90. The topological polar surface area (TPSA) is 85.0 Å². The summed E-state index contributed by atoms with van der Waals surface area (Å²) in [5.41, 5.74) is 0.488. The van der Waals surface area contributed by atoms with Crippen molar-refractivity contribution in [2.24, 2.45) is 5.92 Å². The first kappa shape index (κ1) is 12.7. The van der Waals surface area contributed by atoms with Gasteiger partial charge < -0.3 is 9.42 Å². The van der Waals surface area contributed by atoms with E-state index in [0.29, 0.717) is 11.6 Å². The molecule has 0 spiro atoms. The smallest absolute Gasteiger partial charge is 0.316 e. The van der Waals surface area contributed by atoms with Crippen LogP contribution in [0.5, 0.6) is 0 Å². The van der Waals surface area contributed by atoms with Crippen LogP contribution in [0.4, 0.5) is 0 Å². The molecule has 7 heteroatoms. The van der Waals surface area contributed by atoms with Crippen LogP contribution >= 0.6 is 0 Å². The summed E-state index contributed by atoms with van der Waals surface area (Å²) in [5, 5.41) is 3.78. The molecule has 0 aliphatic carbocycles. The van der Waals surface area contributed by atoms with Crippen LogP contribution in [0.1, 0.15) is 30.5 Å². The minimum atomic E-state index is -0.209. The molecule has 0 saturated carbocycles. The van der Waals surface area contributed by atoms with Gasteiger partial charge in [0.05, 0.1) is 6.20 Å². The fourth-order valence-corrected chi connectivity index (χ4v) is 2.18. The van der Waals surface area contributed by atoms with Crippen molar-refractivity contribution in [2.45, 2.75) is 19.8 Å². The fraction of sp³-hybridized carbons (Fsp3) is 0.462. The zero-order valence-electron chi connectivity index (χ0n) is 11.2. The third-order valence-corrected chi connectivity index (χ3v) is 3.47. The maximum Gasteiger partial charge on any atom is 0.316 e. The molecule has 1 fully saturated rings. The second-order valence-electron chi connectivity index (χ2n) is 4.99. The van der Waals surface area contributed by atoms with Gasteiger partial charge in [-0.1, -0.05) is 12.1 Å². The highest BCUT2D eigenvalue weighted by Crippen LogP contribution is 2.18. The molecule has 0 bridgehead atoms. The third kappa shape index (κ3) is 2.52. The highest BCUT2D eigenvalue weighted by atomic mass is 16.5. The molecular weight excluding hydrogens is 258 g/mol. The van der Waals surface area contributed by atoms with Gasteiger partial charge in [0.25, 0.3) is 0 Å². The second kappa shape index (κ2) is 5.36. The first-order valence-electron chi connectivity index (χ1n) is 6.63. The molecule has 0 aromatic carbocycles. The van der Waals surface area contributed by atoms with Crippen molar-refractivity contribution >= 4 is 5.91 Å². The van der Waals surface area contributed by atoms with Gasteiger partial charge in [0.2, 0.25) is 5.82 Å². The van der Waals surface area contributed by atoms with E-state index < -0.39 is 0 Å². The number of aromatic nitrogens is 4. The summed E-state index contributed by atoms with van der Waals surface area (Å²) in [4.78, 5) is 26.1. The van der Waals surface area contributed by atoms with E-state index >= 15 is 0 Å². The van der Waals surface area contributed by atoms with Gasteiger partial charge in [0.1, 0.15) is 5.69 Å². The van der Waals surface area contributed by atoms with Crippen LogP contribution in [0, 0.1) is 5.92 Å². The minimum Gasteiger partial charge on any atom is -0.334 e. The van der Waals surface area contributed by atoms with Gasteiger partial charge in [-0.2, -0.15) is 4.98 Å². The summed E-state index contributed by atoms with van der Waals surface area (Å²) < 4.78 is 5.04. The Bertz CT molecular complexity index is 590. The van der Waals surface area contributed by atoms with E-state index in [1.165, 1.54) is 6.20 Å². The van der Waals surface area contributed by atoms with Crippen LogP contribution < -0.4 is 0 Å². The number of carbonyl (C=O) groups excluding carboxylic acids is 1. The van der Waals surface area contributed by atoms with Crippen molar-refractivity contribution in [2.75, 3.05) is 13.1 Å². The van der Waals surface area contributed by atoms with Crippen molar-refractivity contribution in [3.05, 3.63) is 24.5 Å². The predicted molar refractivity (Wildman–Crippen MR) is 69.6 cm³/mol. The summed E-state index contributed by atoms with van der Waals surface area (Å²) in [6.45, 7) is 3.67. The summed E-state index contributed by atoms with van der Waals surface area (Å²) >= 11 is 0. The number of hydrogen-bond acceptors (Lipinski definition) is 6. The molecule has 0 atom stereocenters. The number of likely N-dealkylation sites (tertiary alicyclic amines) is 1. The zero-order chi connectivity index (χ0) is 13.9. The molecule has 1 aliphatic rings. The number of carbonyl (C=O) groups is 1. The monoisotopic (exact) mass is 273 g/mol. The first-order chi connectivity index (χ1) is 9.74. The number of hydrogen-bond donors (Lipinski definition) is 0. The van der Waals surface area contributed by atoms with Gasteiger partial charge in [-0.05, 0) is 18.8 Å². The molecule has 0 radical (unpaired) electrons. The van der Waals surface area contributed by atoms with Gasteiger partial charge in [0, 0.05) is 25.5 Å². The van der Waals surface area contributed by atoms with Crippen molar-refractivity contribution in [1.29, 1.82) is 0 Å². The van der Waals surface area contributed by atoms with E-state index in [9.17, 15) is 4.79 Å². The van der Waals surface area contributed by atoms with Crippen molar-refractivity contribution < 1.29 is 9.32 Å². The number of piperidine rings is 1. The number of amides is 1. The SMILES string of the molecule is CC1CCN(C(=O)c2nc(-c3cnccn3)no2)CC1. The Morgan fingerprint density at radius 1 is 1.35 bits per heavy atom. The Morgan fingerprint density at radius 3 is 2.85 bits per heavy atom. The average molecular weight is 273 g/mol. The molecular formula is C13H15N5O2. The average Bonchev–Trinajstić information content (AvgIpc) is 2.98. The van der Waals surface area contributed by atoms with Crippen molar-refractivity contribution in [3.63, 3.8) is 0 Å². The van der Waals surface area contributed by atoms with E-state index in [-0.39, 0.29) is 17.6 Å². The molecule has 1 saturated heterocycles. The molecule has 20 heavy (non-hydrogen) atoms. The molecule has 104 valence electrons. The maximum atomic E-state index is 12.2. The van der Waals surface area contributed by atoms with Crippen molar-refractivity contribution in [3.8, 4) is 11.5 Å². The Hall–Kier alpha value is -2.31. The molecule has 0 unspecified atom stereocenters. The van der Waals surface area contributed by atoms with Crippen LogP contribution in [0.3, 0.4) is 0 Å². The van der Waals surface area contributed by atoms with E-state index in [0.717, 1.165) is 25.9 Å². The van der Waals surface area contributed by atoms with Crippen LogP contribution in [-0.2, 0) is 0 Å². The van der Waals surface area contributed by atoms with Crippen molar-refractivity contribution in [1.82, 2.24) is 25.0 Å². The lowest BCUT2D eigenvalue weighted by molar-refractivity contribution is 0.0647. The Morgan fingerprint density at radius 2 is 2.15 bits per heavy atom. The molecule has 2 aromatic heterocycles. The van der Waals surface area contributed by atoms with Gasteiger partial charge in [-0.15, -0.1) is 0 Å². The van der Waals surface area contributed by atoms with E-state index in [1.54, 1.807) is 17.3 Å². The van der Waals surface area contributed by atoms with Gasteiger partial charge in [-0.3, -0.25) is 9.78 Å². The van der Waals surface area contributed by atoms with Gasteiger partial charge >= 0.3 is 11.8 Å². The van der Waals surface area contributed by atoms with Gasteiger partial charge in [0.15, 0.2) is 0 Å².